The van der Waals surface area contributed by atoms with Crippen molar-refractivity contribution >= 4 is 11.6 Å². The van der Waals surface area contributed by atoms with Crippen molar-refractivity contribution < 1.29 is 9.47 Å². The highest BCUT2D eigenvalue weighted by atomic mass is 35.5. The van der Waals surface area contributed by atoms with E-state index in [1.54, 1.807) is 13.2 Å². The van der Waals surface area contributed by atoms with Crippen molar-refractivity contribution in [3.05, 3.63) is 22.2 Å². The van der Waals surface area contributed by atoms with E-state index in [0.29, 0.717) is 22.1 Å². The Morgan fingerprint density at radius 3 is 3.00 bits per heavy atom. The van der Waals surface area contributed by atoms with Crippen molar-refractivity contribution in [3.63, 3.8) is 0 Å². The van der Waals surface area contributed by atoms with E-state index in [1.165, 1.54) is 0 Å². The molecule has 4 heteroatoms. The fourth-order valence-electron chi connectivity index (χ4n) is 1.75. The first-order valence-corrected chi connectivity index (χ1v) is 5.01. The predicted octanol–water partition coefficient (Wildman–Crippen LogP) is 2.54. The molecule has 0 spiro atoms. The summed E-state index contributed by atoms with van der Waals surface area (Å²) in [6.07, 6.45) is 0.806. The van der Waals surface area contributed by atoms with Crippen LogP contribution in [0.1, 0.15) is 18.1 Å². The van der Waals surface area contributed by atoms with Gasteiger partial charge in [0.2, 0.25) is 0 Å². The second-order valence-electron chi connectivity index (χ2n) is 3.49. The van der Waals surface area contributed by atoms with E-state index < -0.39 is 0 Å². The number of hydrogen-bond donors (Lipinski definition) is 0. The van der Waals surface area contributed by atoms with Crippen LogP contribution in [0.5, 0.6) is 11.5 Å². The van der Waals surface area contributed by atoms with E-state index in [-0.39, 0.29) is 6.10 Å². The van der Waals surface area contributed by atoms with Crippen LogP contribution < -0.4 is 9.47 Å². The van der Waals surface area contributed by atoms with Crippen LogP contribution in [0.2, 0.25) is 5.02 Å². The van der Waals surface area contributed by atoms with Gasteiger partial charge in [-0.3, -0.25) is 0 Å². The van der Waals surface area contributed by atoms with E-state index in [1.807, 2.05) is 13.0 Å². The monoisotopic (exact) mass is 223 g/mol. The molecule has 0 bridgehead atoms. The number of fused-ring (bicyclic) bond motifs is 1. The molecule has 1 atom stereocenters. The molecule has 0 saturated heterocycles. The summed E-state index contributed by atoms with van der Waals surface area (Å²) in [5, 5.41) is 9.39. The maximum Gasteiger partial charge on any atom is 0.166 e. The van der Waals surface area contributed by atoms with Gasteiger partial charge in [0.15, 0.2) is 11.5 Å². The largest absolute Gasteiger partial charge is 0.493 e. The Balaban J connectivity index is 2.64. The Morgan fingerprint density at radius 1 is 1.67 bits per heavy atom. The minimum Gasteiger partial charge on any atom is -0.493 e. The second-order valence-corrected chi connectivity index (χ2v) is 3.87. The fourth-order valence-corrected chi connectivity index (χ4v) is 2.01. The Labute approximate surface area is 93.2 Å². The highest BCUT2D eigenvalue weighted by molar-refractivity contribution is 6.32. The molecule has 0 saturated carbocycles. The first-order chi connectivity index (χ1) is 7.17. The van der Waals surface area contributed by atoms with Crippen LogP contribution in [0, 0.1) is 11.3 Å². The summed E-state index contributed by atoms with van der Waals surface area (Å²) in [5.41, 5.74) is 1.31. The third-order valence-corrected chi connectivity index (χ3v) is 2.86. The first kappa shape index (κ1) is 10.1. The normalized spacial score (nSPS) is 17.9. The number of nitrogens with zero attached hydrogens (tertiary/aromatic N) is 1. The van der Waals surface area contributed by atoms with Crippen molar-refractivity contribution in [2.24, 2.45) is 0 Å². The molecule has 1 heterocycles. The summed E-state index contributed by atoms with van der Waals surface area (Å²) in [6, 6.07) is 3.66. The molecule has 0 amide bonds. The lowest BCUT2D eigenvalue weighted by Crippen LogP contribution is -2.05. The van der Waals surface area contributed by atoms with Gasteiger partial charge in [0, 0.05) is 18.1 Å². The van der Waals surface area contributed by atoms with Crippen molar-refractivity contribution in [1.29, 1.82) is 5.26 Å². The number of hydrogen-bond acceptors (Lipinski definition) is 3. The van der Waals surface area contributed by atoms with Crippen LogP contribution in [0.3, 0.4) is 0 Å². The van der Waals surface area contributed by atoms with Crippen molar-refractivity contribution in [3.8, 4) is 17.6 Å². The van der Waals surface area contributed by atoms with Gasteiger partial charge in [0.1, 0.15) is 12.2 Å². The van der Waals surface area contributed by atoms with Crippen LogP contribution in [0.25, 0.3) is 0 Å². The van der Waals surface area contributed by atoms with Crippen LogP contribution in [0.4, 0.5) is 0 Å². The van der Waals surface area contributed by atoms with Gasteiger partial charge in [-0.05, 0) is 6.92 Å². The minimum atomic E-state index is 0.0837. The maximum atomic E-state index is 8.90. The van der Waals surface area contributed by atoms with Crippen LogP contribution in [-0.4, -0.2) is 13.2 Å². The summed E-state index contributed by atoms with van der Waals surface area (Å²) in [7, 11) is 1.55. The number of halogens is 1. The van der Waals surface area contributed by atoms with Gasteiger partial charge in [-0.1, -0.05) is 11.6 Å². The number of ether oxygens (including phenoxy) is 2. The number of methoxy groups -OCH3 is 1. The molecule has 2 rings (SSSR count). The number of nitriles is 1. The Hall–Kier alpha value is -1.40. The Kier molecular flexibility index (Phi) is 2.45. The minimum absolute atomic E-state index is 0.0837. The summed E-state index contributed by atoms with van der Waals surface area (Å²) in [6.45, 7) is 1.96. The average Bonchev–Trinajstić information content (AvgIpc) is 2.61. The molecule has 0 radical (unpaired) electrons. The zero-order chi connectivity index (χ0) is 11.0. The van der Waals surface area contributed by atoms with Gasteiger partial charge in [0.25, 0.3) is 0 Å². The Morgan fingerprint density at radius 2 is 2.40 bits per heavy atom. The first-order valence-electron chi connectivity index (χ1n) is 4.63. The molecule has 1 unspecified atom stereocenters. The van der Waals surface area contributed by atoms with Crippen LogP contribution in [-0.2, 0) is 6.42 Å². The maximum absolute atomic E-state index is 8.90. The molecule has 0 fully saturated rings. The SMILES string of the molecule is COc1cc(C#N)c(Cl)c2c1OC(C)C2. The molecular weight excluding hydrogens is 214 g/mol. The molecule has 15 heavy (non-hydrogen) atoms. The third-order valence-electron chi connectivity index (χ3n) is 2.43. The molecule has 1 aromatic rings. The van der Waals surface area contributed by atoms with E-state index in [2.05, 4.69) is 0 Å². The highest BCUT2D eigenvalue weighted by Gasteiger charge is 2.27. The summed E-state index contributed by atoms with van der Waals surface area (Å²) < 4.78 is 10.8. The van der Waals surface area contributed by atoms with E-state index in [4.69, 9.17) is 26.3 Å². The van der Waals surface area contributed by atoms with Crippen molar-refractivity contribution in [2.45, 2.75) is 19.4 Å². The second kappa shape index (κ2) is 3.63. The molecule has 1 aromatic carbocycles. The van der Waals surface area contributed by atoms with E-state index in [0.717, 1.165) is 12.0 Å². The average molecular weight is 224 g/mol. The fraction of sp³-hybridized carbons (Fsp3) is 0.364. The molecular formula is C11H10ClNO2. The molecule has 0 N–H and O–H groups in total. The topological polar surface area (TPSA) is 42.2 Å². The molecule has 3 nitrogen and oxygen atoms in total. The number of benzene rings is 1. The van der Waals surface area contributed by atoms with Gasteiger partial charge in [-0.15, -0.1) is 0 Å². The quantitative estimate of drug-likeness (QED) is 0.735. The lowest BCUT2D eigenvalue weighted by atomic mass is 10.1. The van der Waals surface area contributed by atoms with Crippen molar-refractivity contribution in [2.75, 3.05) is 7.11 Å². The van der Waals surface area contributed by atoms with Gasteiger partial charge >= 0.3 is 0 Å². The van der Waals surface area contributed by atoms with Crippen molar-refractivity contribution in [1.82, 2.24) is 0 Å². The van der Waals surface area contributed by atoms with E-state index >= 15 is 0 Å². The van der Waals surface area contributed by atoms with Crippen LogP contribution >= 0.6 is 11.6 Å². The molecule has 78 valence electrons. The number of rotatable bonds is 1. The summed E-state index contributed by atoms with van der Waals surface area (Å²) in [4.78, 5) is 0. The highest BCUT2D eigenvalue weighted by Crippen LogP contribution is 2.43. The Bertz CT molecular complexity index is 451. The van der Waals surface area contributed by atoms with Crippen LogP contribution in [0.15, 0.2) is 6.07 Å². The predicted molar refractivity (Wildman–Crippen MR) is 56.5 cm³/mol. The molecule has 0 aliphatic carbocycles. The lowest BCUT2D eigenvalue weighted by Gasteiger charge is -2.09. The summed E-state index contributed by atoms with van der Waals surface area (Å²) in [5.74, 6) is 1.25. The van der Waals surface area contributed by atoms with E-state index in [9.17, 15) is 0 Å². The lowest BCUT2D eigenvalue weighted by molar-refractivity contribution is 0.243. The van der Waals surface area contributed by atoms with Gasteiger partial charge in [-0.25, -0.2) is 0 Å². The standard InChI is InChI=1S/C11H10ClNO2/c1-6-3-8-10(12)7(5-13)4-9(14-2)11(8)15-6/h4,6H,3H2,1-2H3. The van der Waals surface area contributed by atoms with Gasteiger partial charge < -0.3 is 9.47 Å². The molecule has 1 aliphatic rings. The van der Waals surface area contributed by atoms with Gasteiger partial charge in [0.05, 0.1) is 17.7 Å². The third kappa shape index (κ3) is 1.51. The van der Waals surface area contributed by atoms with Gasteiger partial charge in [-0.2, -0.15) is 5.26 Å². The molecule has 1 aliphatic heterocycles. The summed E-state index contributed by atoms with van der Waals surface area (Å²) >= 11 is 6.09. The smallest absolute Gasteiger partial charge is 0.166 e. The molecule has 0 aromatic heterocycles. The zero-order valence-electron chi connectivity index (χ0n) is 8.50. The zero-order valence-corrected chi connectivity index (χ0v) is 9.26.